The molecule has 0 saturated carbocycles. The van der Waals surface area contributed by atoms with E-state index in [4.69, 9.17) is 14.2 Å². The van der Waals surface area contributed by atoms with Gasteiger partial charge in [-0.25, -0.2) is 0 Å². The number of hydrogen-bond donors (Lipinski definition) is 2. The molecule has 5 heteroatoms. The molecule has 2 aliphatic heterocycles. The Morgan fingerprint density at radius 3 is 2.35 bits per heavy atom. The lowest BCUT2D eigenvalue weighted by atomic mass is 10.0. The lowest BCUT2D eigenvalue weighted by molar-refractivity contribution is -0.274. The molecule has 100 valence electrons. The van der Waals surface area contributed by atoms with Gasteiger partial charge in [-0.2, -0.15) is 0 Å². The summed E-state index contributed by atoms with van der Waals surface area (Å²) in [4.78, 5) is 0. The van der Waals surface area contributed by atoms with Crippen molar-refractivity contribution in [1.82, 2.24) is 0 Å². The predicted molar refractivity (Wildman–Crippen MR) is 60.2 cm³/mol. The van der Waals surface area contributed by atoms with Crippen molar-refractivity contribution in [2.45, 2.75) is 76.5 Å². The molecule has 2 aliphatic rings. The van der Waals surface area contributed by atoms with E-state index in [-0.39, 0.29) is 24.6 Å². The second kappa shape index (κ2) is 5.63. The monoisotopic (exact) mass is 246 g/mol. The molecule has 2 rings (SSSR count). The molecule has 6 atom stereocenters. The minimum absolute atomic E-state index is 0.0363. The molecule has 0 aromatic rings. The Balaban J connectivity index is 1.81. The zero-order valence-electron chi connectivity index (χ0n) is 10.4. The Hall–Kier alpha value is -0.200. The number of ether oxygens (including phenoxy) is 3. The Morgan fingerprint density at radius 2 is 1.71 bits per heavy atom. The first-order valence-electron chi connectivity index (χ1n) is 6.38. The van der Waals surface area contributed by atoms with Gasteiger partial charge >= 0.3 is 0 Å². The van der Waals surface area contributed by atoms with Gasteiger partial charge in [-0.1, -0.05) is 0 Å². The van der Waals surface area contributed by atoms with Crippen LogP contribution < -0.4 is 0 Å². The van der Waals surface area contributed by atoms with Crippen molar-refractivity contribution in [2.24, 2.45) is 0 Å². The molecule has 0 radical (unpaired) electrons. The molecule has 0 aromatic carbocycles. The molecule has 0 spiro atoms. The zero-order valence-corrected chi connectivity index (χ0v) is 10.4. The number of hydrogen-bond acceptors (Lipinski definition) is 5. The normalized spacial score (nSPS) is 48.0. The van der Waals surface area contributed by atoms with E-state index < -0.39 is 12.4 Å². The molecule has 0 aliphatic carbocycles. The van der Waals surface area contributed by atoms with Crippen molar-refractivity contribution in [3.63, 3.8) is 0 Å². The van der Waals surface area contributed by atoms with Gasteiger partial charge in [-0.3, -0.25) is 0 Å². The van der Waals surface area contributed by atoms with Crippen molar-refractivity contribution in [2.75, 3.05) is 0 Å². The molecule has 2 fully saturated rings. The van der Waals surface area contributed by atoms with E-state index in [1.54, 1.807) is 0 Å². The van der Waals surface area contributed by atoms with Gasteiger partial charge in [0.15, 0.2) is 12.6 Å². The predicted octanol–water partition coefficient (Wildman–Crippen LogP) is 0.775. The number of rotatable bonds is 2. The van der Waals surface area contributed by atoms with Crippen LogP contribution in [0, 0.1) is 0 Å². The van der Waals surface area contributed by atoms with E-state index >= 15 is 0 Å². The lowest BCUT2D eigenvalue weighted by Gasteiger charge is -2.38. The van der Waals surface area contributed by atoms with Crippen LogP contribution in [0.3, 0.4) is 0 Å². The Labute approximate surface area is 102 Å². The zero-order chi connectivity index (χ0) is 12.4. The average molecular weight is 246 g/mol. The van der Waals surface area contributed by atoms with Crippen LogP contribution in [0.5, 0.6) is 0 Å². The smallest absolute Gasteiger partial charge is 0.158 e. The van der Waals surface area contributed by atoms with Crippen molar-refractivity contribution in [1.29, 1.82) is 0 Å². The highest BCUT2D eigenvalue weighted by atomic mass is 16.7. The molecule has 0 amide bonds. The van der Waals surface area contributed by atoms with Gasteiger partial charge in [0.25, 0.3) is 0 Å². The van der Waals surface area contributed by atoms with E-state index in [0.29, 0.717) is 19.3 Å². The summed E-state index contributed by atoms with van der Waals surface area (Å²) >= 11 is 0. The summed E-state index contributed by atoms with van der Waals surface area (Å²) in [5.74, 6) is 0. The largest absolute Gasteiger partial charge is 0.390 e. The first kappa shape index (κ1) is 13.2. The molecule has 2 heterocycles. The summed E-state index contributed by atoms with van der Waals surface area (Å²) in [6, 6.07) is 0. The fourth-order valence-electron chi connectivity index (χ4n) is 2.36. The Morgan fingerprint density at radius 1 is 0.941 bits per heavy atom. The maximum absolute atomic E-state index is 9.55. The molecular formula is C12H22O5. The van der Waals surface area contributed by atoms with E-state index in [1.807, 2.05) is 13.8 Å². The van der Waals surface area contributed by atoms with Gasteiger partial charge in [0.05, 0.1) is 24.4 Å². The molecule has 5 nitrogen and oxygen atoms in total. The van der Waals surface area contributed by atoms with Crippen LogP contribution in [-0.4, -0.2) is 47.2 Å². The van der Waals surface area contributed by atoms with Gasteiger partial charge in [0, 0.05) is 12.8 Å². The summed E-state index contributed by atoms with van der Waals surface area (Å²) in [5.41, 5.74) is 0. The quantitative estimate of drug-likeness (QED) is 0.753. The molecule has 0 bridgehead atoms. The molecule has 2 saturated heterocycles. The van der Waals surface area contributed by atoms with Crippen LogP contribution in [0.4, 0.5) is 0 Å². The van der Waals surface area contributed by atoms with E-state index in [0.717, 1.165) is 6.42 Å². The average Bonchev–Trinajstić information content (AvgIpc) is 2.27. The Kier molecular flexibility index (Phi) is 4.38. The molecule has 4 unspecified atom stereocenters. The van der Waals surface area contributed by atoms with Gasteiger partial charge < -0.3 is 24.4 Å². The van der Waals surface area contributed by atoms with Crippen molar-refractivity contribution in [3.8, 4) is 0 Å². The van der Waals surface area contributed by atoms with Crippen LogP contribution in [-0.2, 0) is 14.2 Å². The first-order valence-corrected chi connectivity index (χ1v) is 6.38. The standard InChI is InChI=1S/C12H22O5/c1-7-9(13)3-6-12(16-7)17-10-4-5-11(14)15-8(10)2/h7-14H,3-6H2,1-2H3/t7?,8?,9-,10-,11?,12?/m1/s1. The van der Waals surface area contributed by atoms with E-state index in [1.165, 1.54) is 0 Å². The fourth-order valence-corrected chi connectivity index (χ4v) is 2.36. The van der Waals surface area contributed by atoms with Crippen molar-refractivity contribution in [3.05, 3.63) is 0 Å². The van der Waals surface area contributed by atoms with Crippen molar-refractivity contribution >= 4 is 0 Å². The highest BCUT2D eigenvalue weighted by Crippen LogP contribution is 2.26. The summed E-state index contributed by atoms with van der Waals surface area (Å²) in [7, 11) is 0. The molecule has 17 heavy (non-hydrogen) atoms. The van der Waals surface area contributed by atoms with Crippen LogP contribution in [0.2, 0.25) is 0 Å². The lowest BCUT2D eigenvalue weighted by Crippen LogP contribution is -2.44. The Bertz CT molecular complexity index is 247. The highest BCUT2D eigenvalue weighted by molar-refractivity contribution is 4.76. The van der Waals surface area contributed by atoms with E-state index in [2.05, 4.69) is 0 Å². The van der Waals surface area contributed by atoms with Crippen molar-refractivity contribution < 1.29 is 24.4 Å². The highest BCUT2D eigenvalue weighted by Gasteiger charge is 2.33. The summed E-state index contributed by atoms with van der Waals surface area (Å²) in [6.45, 7) is 3.75. The van der Waals surface area contributed by atoms with Gasteiger partial charge in [-0.05, 0) is 26.7 Å². The summed E-state index contributed by atoms with van der Waals surface area (Å²) in [5, 5.41) is 18.9. The third-order valence-corrected chi connectivity index (χ3v) is 3.53. The summed E-state index contributed by atoms with van der Waals surface area (Å²) < 4.78 is 16.7. The second-order valence-corrected chi connectivity index (χ2v) is 4.96. The molecular weight excluding hydrogens is 224 g/mol. The van der Waals surface area contributed by atoms with Gasteiger partial charge in [-0.15, -0.1) is 0 Å². The van der Waals surface area contributed by atoms with Gasteiger partial charge in [0.1, 0.15) is 0 Å². The van der Waals surface area contributed by atoms with Crippen LogP contribution in [0.25, 0.3) is 0 Å². The maximum Gasteiger partial charge on any atom is 0.158 e. The minimum atomic E-state index is -0.669. The molecule has 0 aromatic heterocycles. The number of aliphatic hydroxyl groups is 2. The minimum Gasteiger partial charge on any atom is -0.390 e. The molecule has 2 N–H and O–H groups in total. The van der Waals surface area contributed by atoms with E-state index in [9.17, 15) is 10.2 Å². The van der Waals surface area contributed by atoms with Gasteiger partial charge in [0.2, 0.25) is 0 Å². The first-order chi connectivity index (χ1) is 8.06. The fraction of sp³-hybridized carbons (Fsp3) is 1.00. The second-order valence-electron chi connectivity index (χ2n) is 4.96. The van der Waals surface area contributed by atoms with Crippen LogP contribution >= 0.6 is 0 Å². The number of aliphatic hydroxyl groups excluding tert-OH is 2. The topological polar surface area (TPSA) is 68.2 Å². The van der Waals surface area contributed by atoms with Crippen LogP contribution in [0.15, 0.2) is 0 Å². The third-order valence-electron chi connectivity index (χ3n) is 3.53. The summed E-state index contributed by atoms with van der Waals surface area (Å²) in [6.07, 6.45) is 1.12. The third kappa shape index (κ3) is 3.39. The maximum atomic E-state index is 9.55. The van der Waals surface area contributed by atoms with Crippen LogP contribution in [0.1, 0.15) is 39.5 Å². The SMILES string of the molecule is CC1OC(O[C@@H]2CCC(O)OC2C)CC[C@H]1O.